The van der Waals surface area contributed by atoms with E-state index in [1.807, 2.05) is 19.1 Å². The van der Waals surface area contributed by atoms with Crippen molar-refractivity contribution in [3.05, 3.63) is 35.0 Å². The first-order valence-corrected chi connectivity index (χ1v) is 6.20. The van der Waals surface area contributed by atoms with Crippen molar-refractivity contribution in [1.29, 1.82) is 0 Å². The maximum Gasteiger partial charge on any atom is 0.229 e. The summed E-state index contributed by atoms with van der Waals surface area (Å²) in [6, 6.07) is 7.11. The van der Waals surface area contributed by atoms with Gasteiger partial charge in [-0.25, -0.2) is 0 Å². The second-order valence-corrected chi connectivity index (χ2v) is 4.95. The molecule has 0 amide bonds. The first-order valence-electron chi connectivity index (χ1n) is 5.82. The Morgan fingerprint density at radius 1 is 1.44 bits per heavy atom. The Balaban J connectivity index is 2.43. The van der Waals surface area contributed by atoms with Gasteiger partial charge in [0.15, 0.2) is 11.3 Å². The minimum absolute atomic E-state index is 0.184. The summed E-state index contributed by atoms with van der Waals surface area (Å²) in [7, 11) is 0. The molecule has 0 atom stereocenters. The molecular weight excluding hydrogens is 252 g/mol. The average molecular weight is 267 g/mol. The van der Waals surface area contributed by atoms with Gasteiger partial charge in [0.1, 0.15) is 5.60 Å². The molecule has 0 aliphatic carbocycles. The van der Waals surface area contributed by atoms with E-state index in [2.05, 4.69) is 0 Å². The molecule has 0 N–H and O–H groups in total. The normalized spacial score (nSPS) is 12.0. The Labute approximate surface area is 111 Å². The predicted molar refractivity (Wildman–Crippen MR) is 71.3 cm³/mol. The van der Waals surface area contributed by atoms with Crippen molar-refractivity contribution in [2.24, 2.45) is 0 Å². The molecule has 4 heteroatoms. The number of benzene rings is 1. The number of fused-ring (bicyclic) bond motifs is 1. The number of rotatable bonds is 4. The standard InChI is InChI=1S/C14H15ClO3/c1-4-17-14(2,3)13(16)11-8-9-6-5-7-10(15)12(9)18-11/h5-8H,4H2,1-3H3. The highest BCUT2D eigenvalue weighted by Gasteiger charge is 2.31. The summed E-state index contributed by atoms with van der Waals surface area (Å²) in [5, 5.41) is 1.32. The predicted octanol–water partition coefficient (Wildman–Crippen LogP) is 4.08. The number of furan rings is 1. The van der Waals surface area contributed by atoms with Gasteiger partial charge in [-0.15, -0.1) is 0 Å². The fourth-order valence-electron chi connectivity index (χ4n) is 1.86. The molecule has 1 aromatic carbocycles. The van der Waals surface area contributed by atoms with Crippen molar-refractivity contribution < 1.29 is 13.9 Å². The summed E-state index contributed by atoms with van der Waals surface area (Å²) in [6.07, 6.45) is 0. The van der Waals surface area contributed by atoms with E-state index >= 15 is 0 Å². The summed E-state index contributed by atoms with van der Waals surface area (Å²) in [4.78, 5) is 12.3. The van der Waals surface area contributed by atoms with E-state index in [-0.39, 0.29) is 11.5 Å². The molecule has 0 aliphatic heterocycles. The molecule has 0 saturated heterocycles. The van der Waals surface area contributed by atoms with E-state index < -0.39 is 5.60 Å². The number of hydrogen-bond acceptors (Lipinski definition) is 3. The molecule has 1 aromatic heterocycles. The lowest BCUT2D eigenvalue weighted by Gasteiger charge is -2.21. The number of halogens is 1. The second-order valence-electron chi connectivity index (χ2n) is 4.54. The fourth-order valence-corrected chi connectivity index (χ4v) is 2.08. The van der Waals surface area contributed by atoms with Gasteiger partial charge < -0.3 is 9.15 Å². The lowest BCUT2D eigenvalue weighted by Crippen LogP contribution is -2.34. The molecule has 1 heterocycles. The van der Waals surface area contributed by atoms with Crippen LogP contribution >= 0.6 is 11.6 Å². The van der Waals surface area contributed by atoms with E-state index in [4.69, 9.17) is 20.8 Å². The highest BCUT2D eigenvalue weighted by atomic mass is 35.5. The van der Waals surface area contributed by atoms with Crippen LogP contribution in [-0.2, 0) is 4.74 Å². The molecule has 0 bridgehead atoms. The first kappa shape index (κ1) is 13.1. The molecular formula is C14H15ClO3. The molecule has 0 spiro atoms. The maximum atomic E-state index is 12.3. The lowest BCUT2D eigenvalue weighted by molar-refractivity contribution is -0.000533. The second kappa shape index (κ2) is 4.75. The van der Waals surface area contributed by atoms with Crippen molar-refractivity contribution in [3.8, 4) is 0 Å². The van der Waals surface area contributed by atoms with E-state index in [1.54, 1.807) is 26.0 Å². The van der Waals surface area contributed by atoms with Crippen molar-refractivity contribution in [1.82, 2.24) is 0 Å². The van der Waals surface area contributed by atoms with Gasteiger partial charge in [0.25, 0.3) is 0 Å². The summed E-state index contributed by atoms with van der Waals surface area (Å²) in [5.41, 5.74) is -0.357. The van der Waals surface area contributed by atoms with Crippen LogP contribution in [0.25, 0.3) is 11.0 Å². The van der Waals surface area contributed by atoms with Gasteiger partial charge in [-0.1, -0.05) is 23.7 Å². The SMILES string of the molecule is CCOC(C)(C)C(=O)c1cc2cccc(Cl)c2o1. The van der Waals surface area contributed by atoms with Crippen molar-refractivity contribution in [3.63, 3.8) is 0 Å². The zero-order chi connectivity index (χ0) is 13.3. The van der Waals surface area contributed by atoms with Gasteiger partial charge in [-0.3, -0.25) is 4.79 Å². The number of para-hydroxylation sites is 1. The molecule has 0 saturated carbocycles. The monoisotopic (exact) mass is 266 g/mol. The van der Waals surface area contributed by atoms with Gasteiger partial charge in [0.05, 0.1) is 5.02 Å². The van der Waals surface area contributed by atoms with Crippen LogP contribution in [0.3, 0.4) is 0 Å². The van der Waals surface area contributed by atoms with Crippen LogP contribution in [0.1, 0.15) is 31.3 Å². The quantitative estimate of drug-likeness (QED) is 0.783. The van der Waals surface area contributed by atoms with Crippen LogP contribution in [0, 0.1) is 0 Å². The number of ketones is 1. The molecule has 96 valence electrons. The summed E-state index contributed by atoms with van der Waals surface area (Å²) >= 11 is 6.01. The van der Waals surface area contributed by atoms with Crippen LogP contribution in [0.5, 0.6) is 0 Å². The van der Waals surface area contributed by atoms with Gasteiger partial charge in [0.2, 0.25) is 5.78 Å². The first-order chi connectivity index (χ1) is 8.45. The van der Waals surface area contributed by atoms with E-state index in [0.29, 0.717) is 17.2 Å². The Kier molecular flexibility index (Phi) is 3.46. The molecule has 3 nitrogen and oxygen atoms in total. The molecule has 18 heavy (non-hydrogen) atoms. The van der Waals surface area contributed by atoms with E-state index in [1.165, 1.54) is 0 Å². The minimum Gasteiger partial charge on any atom is -0.451 e. The van der Waals surface area contributed by atoms with Gasteiger partial charge in [0, 0.05) is 12.0 Å². The Morgan fingerprint density at radius 2 is 2.17 bits per heavy atom. The summed E-state index contributed by atoms with van der Waals surface area (Å²) in [5.74, 6) is 0.0909. The highest BCUT2D eigenvalue weighted by Crippen LogP contribution is 2.29. The number of carbonyl (C=O) groups excluding carboxylic acids is 1. The van der Waals surface area contributed by atoms with Crippen LogP contribution in [0.2, 0.25) is 5.02 Å². The largest absolute Gasteiger partial charge is 0.451 e. The van der Waals surface area contributed by atoms with Gasteiger partial charge in [-0.05, 0) is 32.9 Å². The van der Waals surface area contributed by atoms with Gasteiger partial charge >= 0.3 is 0 Å². The minimum atomic E-state index is -0.894. The van der Waals surface area contributed by atoms with E-state index in [0.717, 1.165) is 5.39 Å². The summed E-state index contributed by atoms with van der Waals surface area (Å²) < 4.78 is 11.0. The molecule has 2 rings (SSSR count). The Hall–Kier alpha value is -1.32. The lowest BCUT2D eigenvalue weighted by atomic mass is 10.0. The van der Waals surface area contributed by atoms with Crippen molar-refractivity contribution >= 4 is 28.4 Å². The number of Topliss-reactive ketones (excluding diaryl/α,β-unsaturated/α-hetero) is 1. The van der Waals surface area contributed by atoms with E-state index in [9.17, 15) is 4.79 Å². The fraction of sp³-hybridized carbons (Fsp3) is 0.357. The Morgan fingerprint density at radius 3 is 2.78 bits per heavy atom. The highest BCUT2D eigenvalue weighted by molar-refractivity contribution is 6.34. The number of hydrogen-bond donors (Lipinski definition) is 0. The van der Waals surface area contributed by atoms with Crippen LogP contribution < -0.4 is 0 Å². The maximum absolute atomic E-state index is 12.3. The van der Waals surface area contributed by atoms with Crippen LogP contribution in [-0.4, -0.2) is 18.0 Å². The third-order valence-electron chi connectivity index (χ3n) is 2.77. The van der Waals surface area contributed by atoms with Crippen LogP contribution in [0.4, 0.5) is 0 Å². The zero-order valence-electron chi connectivity index (χ0n) is 10.6. The Bertz CT molecular complexity index is 584. The molecule has 0 fully saturated rings. The topological polar surface area (TPSA) is 39.4 Å². The van der Waals surface area contributed by atoms with Crippen molar-refractivity contribution in [2.75, 3.05) is 6.61 Å². The molecule has 0 unspecified atom stereocenters. The van der Waals surface area contributed by atoms with Crippen LogP contribution in [0.15, 0.2) is 28.7 Å². The third kappa shape index (κ3) is 2.28. The zero-order valence-corrected chi connectivity index (χ0v) is 11.4. The average Bonchev–Trinajstić information content (AvgIpc) is 2.73. The third-order valence-corrected chi connectivity index (χ3v) is 3.07. The molecule has 2 aromatic rings. The van der Waals surface area contributed by atoms with Crippen molar-refractivity contribution in [2.45, 2.75) is 26.4 Å². The number of ether oxygens (including phenoxy) is 1. The summed E-state index contributed by atoms with van der Waals surface area (Å²) in [6.45, 7) is 5.78. The number of carbonyl (C=O) groups is 1. The smallest absolute Gasteiger partial charge is 0.229 e. The van der Waals surface area contributed by atoms with Gasteiger partial charge in [-0.2, -0.15) is 0 Å². The molecule has 0 radical (unpaired) electrons. The molecule has 0 aliphatic rings.